The van der Waals surface area contributed by atoms with Gasteiger partial charge < -0.3 is 20.3 Å². The predicted molar refractivity (Wildman–Crippen MR) is 109 cm³/mol. The maximum Gasteiger partial charge on any atom is 0.274 e. The zero-order chi connectivity index (χ0) is 20.1. The van der Waals surface area contributed by atoms with E-state index in [9.17, 15) is 9.18 Å². The topological polar surface area (TPSA) is 79.4 Å². The van der Waals surface area contributed by atoms with Gasteiger partial charge in [0.2, 0.25) is 5.95 Å². The number of hydrogen-bond acceptors (Lipinski definition) is 6. The highest BCUT2D eigenvalue weighted by molar-refractivity contribution is 6.04. The number of rotatable bonds is 5. The fourth-order valence-electron chi connectivity index (χ4n) is 3.07. The number of hydrogen-bond donors (Lipinski definition) is 2. The van der Waals surface area contributed by atoms with Gasteiger partial charge in [0.1, 0.15) is 11.5 Å². The number of nitrogens with zero attached hydrogens (tertiary/aromatic N) is 3. The Balaban J connectivity index is 1.52. The first-order chi connectivity index (χ1) is 14.2. The molecule has 0 unspecified atom stereocenters. The van der Waals surface area contributed by atoms with Crippen molar-refractivity contribution in [1.82, 2.24) is 9.97 Å². The molecule has 29 heavy (non-hydrogen) atoms. The van der Waals surface area contributed by atoms with Crippen LogP contribution in [0.2, 0.25) is 0 Å². The predicted octanol–water partition coefficient (Wildman–Crippen LogP) is 3.45. The van der Waals surface area contributed by atoms with Gasteiger partial charge in [0.05, 0.1) is 30.3 Å². The molecule has 7 nitrogen and oxygen atoms in total. The average molecular weight is 393 g/mol. The molecule has 1 aliphatic heterocycles. The van der Waals surface area contributed by atoms with Gasteiger partial charge in [-0.15, -0.1) is 0 Å². The van der Waals surface area contributed by atoms with Crippen LogP contribution >= 0.6 is 0 Å². The summed E-state index contributed by atoms with van der Waals surface area (Å²) in [7, 11) is 0. The van der Waals surface area contributed by atoms with Crippen LogP contribution in [0.15, 0.2) is 60.8 Å². The lowest BCUT2D eigenvalue weighted by Gasteiger charge is -2.30. The highest BCUT2D eigenvalue weighted by Crippen LogP contribution is 2.27. The molecule has 0 spiro atoms. The molecule has 8 heteroatoms. The molecular formula is C21H20FN5O2. The Morgan fingerprint density at radius 3 is 2.52 bits per heavy atom. The van der Waals surface area contributed by atoms with Gasteiger partial charge in [-0.25, -0.2) is 14.4 Å². The number of nitrogens with one attached hydrogen (secondary N) is 2. The molecule has 1 aromatic heterocycles. The molecule has 1 saturated heterocycles. The van der Waals surface area contributed by atoms with Gasteiger partial charge >= 0.3 is 0 Å². The quantitative estimate of drug-likeness (QED) is 0.691. The molecule has 1 aliphatic rings. The Labute approximate surface area is 167 Å². The zero-order valence-corrected chi connectivity index (χ0v) is 15.6. The van der Waals surface area contributed by atoms with E-state index in [4.69, 9.17) is 4.74 Å². The lowest BCUT2D eigenvalue weighted by Crippen LogP contribution is -2.36. The van der Waals surface area contributed by atoms with Crippen LogP contribution in [0.3, 0.4) is 0 Å². The Kier molecular flexibility index (Phi) is 5.62. The van der Waals surface area contributed by atoms with Crippen molar-refractivity contribution in [3.63, 3.8) is 0 Å². The van der Waals surface area contributed by atoms with E-state index in [1.807, 2.05) is 24.3 Å². The molecule has 2 heterocycles. The summed E-state index contributed by atoms with van der Waals surface area (Å²) >= 11 is 0. The summed E-state index contributed by atoms with van der Waals surface area (Å²) in [5.74, 6) is -0.653. The summed E-state index contributed by atoms with van der Waals surface area (Å²) in [4.78, 5) is 23.2. The molecule has 148 valence electrons. The summed E-state index contributed by atoms with van der Waals surface area (Å²) in [5.41, 5.74) is 2.04. The molecule has 1 amide bonds. The van der Waals surface area contributed by atoms with Crippen molar-refractivity contribution in [2.75, 3.05) is 41.8 Å². The summed E-state index contributed by atoms with van der Waals surface area (Å²) in [6.07, 6.45) is 1.46. The minimum atomic E-state index is -0.426. The number of para-hydroxylation sites is 3. The third kappa shape index (κ3) is 4.49. The van der Waals surface area contributed by atoms with Gasteiger partial charge in [-0.2, -0.15) is 0 Å². The molecule has 0 bridgehead atoms. The van der Waals surface area contributed by atoms with Gasteiger partial charge in [0.25, 0.3) is 5.91 Å². The van der Waals surface area contributed by atoms with Gasteiger partial charge in [0.15, 0.2) is 0 Å². The second-order valence-electron chi connectivity index (χ2n) is 6.44. The van der Waals surface area contributed by atoms with Crippen LogP contribution < -0.4 is 15.5 Å². The SMILES string of the molecule is O=C(Nc1ccccc1N1CCOCC1)c1ccnc(Nc2ccccc2F)n1. The average Bonchev–Trinajstić information content (AvgIpc) is 2.76. The fourth-order valence-corrected chi connectivity index (χ4v) is 3.07. The van der Waals surface area contributed by atoms with E-state index in [0.717, 1.165) is 18.8 Å². The second-order valence-corrected chi connectivity index (χ2v) is 6.44. The molecule has 4 rings (SSSR count). The van der Waals surface area contributed by atoms with Crippen molar-refractivity contribution in [2.24, 2.45) is 0 Å². The van der Waals surface area contributed by atoms with Crippen LogP contribution in [-0.2, 0) is 4.74 Å². The highest BCUT2D eigenvalue weighted by Gasteiger charge is 2.17. The molecule has 3 aromatic rings. The van der Waals surface area contributed by atoms with E-state index in [1.165, 1.54) is 18.3 Å². The number of halogens is 1. The van der Waals surface area contributed by atoms with Crippen molar-refractivity contribution < 1.29 is 13.9 Å². The first-order valence-corrected chi connectivity index (χ1v) is 9.28. The van der Waals surface area contributed by atoms with E-state index in [1.54, 1.807) is 18.2 Å². The molecular weight excluding hydrogens is 373 g/mol. The first kappa shape index (κ1) is 18.8. The Morgan fingerprint density at radius 2 is 1.72 bits per heavy atom. The fraction of sp³-hybridized carbons (Fsp3) is 0.190. The van der Waals surface area contributed by atoms with Crippen LogP contribution in [0.1, 0.15) is 10.5 Å². The number of anilines is 4. The molecule has 2 aromatic carbocycles. The zero-order valence-electron chi connectivity index (χ0n) is 15.6. The maximum atomic E-state index is 13.8. The molecule has 0 radical (unpaired) electrons. The monoisotopic (exact) mass is 393 g/mol. The van der Waals surface area contributed by atoms with Crippen LogP contribution in [-0.4, -0.2) is 42.2 Å². The number of aromatic nitrogens is 2. The third-order valence-electron chi connectivity index (χ3n) is 4.51. The molecule has 2 N–H and O–H groups in total. The second kappa shape index (κ2) is 8.66. The van der Waals surface area contributed by atoms with Gasteiger partial charge in [-0.05, 0) is 30.3 Å². The summed E-state index contributed by atoms with van der Waals surface area (Å²) in [6.45, 7) is 2.83. The number of morpholine rings is 1. The van der Waals surface area contributed by atoms with Gasteiger partial charge in [-0.3, -0.25) is 4.79 Å². The largest absolute Gasteiger partial charge is 0.378 e. The molecule has 0 atom stereocenters. The maximum absolute atomic E-state index is 13.8. The Hall–Kier alpha value is -3.52. The smallest absolute Gasteiger partial charge is 0.274 e. The molecule has 1 fully saturated rings. The van der Waals surface area contributed by atoms with Crippen LogP contribution in [0.25, 0.3) is 0 Å². The van der Waals surface area contributed by atoms with Crippen LogP contribution in [0, 0.1) is 5.82 Å². The number of ether oxygens (including phenoxy) is 1. The van der Waals surface area contributed by atoms with Gasteiger partial charge in [-0.1, -0.05) is 24.3 Å². The van der Waals surface area contributed by atoms with Crippen molar-refractivity contribution in [3.8, 4) is 0 Å². The number of benzene rings is 2. The Morgan fingerprint density at radius 1 is 1.00 bits per heavy atom. The normalized spacial score (nSPS) is 13.8. The van der Waals surface area contributed by atoms with Crippen molar-refractivity contribution in [3.05, 3.63) is 72.3 Å². The number of carbonyl (C=O) groups is 1. The molecule has 0 aliphatic carbocycles. The van der Waals surface area contributed by atoms with Gasteiger partial charge in [0, 0.05) is 19.3 Å². The highest BCUT2D eigenvalue weighted by atomic mass is 19.1. The van der Waals surface area contributed by atoms with E-state index in [2.05, 4.69) is 25.5 Å². The number of amides is 1. The minimum absolute atomic E-state index is 0.143. The number of carbonyl (C=O) groups excluding carboxylic acids is 1. The van der Waals surface area contributed by atoms with E-state index >= 15 is 0 Å². The molecule has 0 saturated carbocycles. The lowest BCUT2D eigenvalue weighted by molar-refractivity contribution is 0.102. The van der Waals surface area contributed by atoms with Crippen LogP contribution in [0.5, 0.6) is 0 Å². The van der Waals surface area contributed by atoms with E-state index in [0.29, 0.717) is 18.9 Å². The first-order valence-electron chi connectivity index (χ1n) is 9.28. The van der Waals surface area contributed by atoms with E-state index in [-0.39, 0.29) is 23.2 Å². The van der Waals surface area contributed by atoms with Crippen molar-refractivity contribution in [2.45, 2.75) is 0 Å². The third-order valence-corrected chi connectivity index (χ3v) is 4.51. The van der Waals surface area contributed by atoms with Crippen molar-refractivity contribution >= 4 is 28.9 Å². The van der Waals surface area contributed by atoms with Crippen molar-refractivity contribution in [1.29, 1.82) is 0 Å². The van der Waals surface area contributed by atoms with Crippen LogP contribution in [0.4, 0.5) is 27.4 Å². The summed E-state index contributed by atoms with van der Waals surface area (Å²) in [5, 5.41) is 5.71. The summed E-state index contributed by atoms with van der Waals surface area (Å²) in [6, 6.07) is 15.3. The minimum Gasteiger partial charge on any atom is -0.378 e. The summed E-state index contributed by atoms with van der Waals surface area (Å²) < 4.78 is 19.2. The van der Waals surface area contributed by atoms with E-state index < -0.39 is 5.82 Å². The standard InChI is InChI=1S/C21H20FN5O2/c22-15-5-1-2-6-16(15)25-21-23-10-9-18(26-21)20(28)24-17-7-3-4-8-19(17)27-11-13-29-14-12-27/h1-10H,11-14H2,(H,24,28)(H,23,25,26). The lowest BCUT2D eigenvalue weighted by atomic mass is 10.2. The Bertz CT molecular complexity index is 1010.